The lowest BCUT2D eigenvalue weighted by atomic mass is 10.0. The fourth-order valence-corrected chi connectivity index (χ4v) is 1.71. The summed E-state index contributed by atoms with van der Waals surface area (Å²) in [6.45, 7) is 3.75. The van der Waals surface area contributed by atoms with Crippen molar-refractivity contribution in [2.45, 2.75) is 45.7 Å². The number of amides is 1. The maximum absolute atomic E-state index is 11.6. The first-order valence-electron chi connectivity index (χ1n) is 6.35. The molecule has 0 spiro atoms. The Morgan fingerprint density at radius 1 is 1.37 bits per heavy atom. The monoisotopic (exact) mass is 268 g/mol. The van der Waals surface area contributed by atoms with Crippen LogP contribution in [0.25, 0.3) is 0 Å². The molecule has 0 aliphatic carbocycles. The number of hydrogen-bond donors (Lipinski definition) is 2. The average molecular weight is 268 g/mol. The summed E-state index contributed by atoms with van der Waals surface area (Å²) in [4.78, 5) is 22.3. The molecule has 1 amide bonds. The van der Waals surface area contributed by atoms with Gasteiger partial charge in [-0.3, -0.25) is 9.59 Å². The van der Waals surface area contributed by atoms with Crippen LogP contribution in [0.1, 0.15) is 33.1 Å². The number of nitrogens with zero attached hydrogens (tertiary/aromatic N) is 3. The van der Waals surface area contributed by atoms with E-state index in [1.54, 1.807) is 13.1 Å². The Balaban J connectivity index is 2.18. The molecule has 2 N–H and O–H groups in total. The van der Waals surface area contributed by atoms with Crippen LogP contribution in [0.15, 0.2) is 12.4 Å². The van der Waals surface area contributed by atoms with Crippen molar-refractivity contribution in [3.63, 3.8) is 0 Å². The molecule has 106 valence electrons. The van der Waals surface area contributed by atoms with Gasteiger partial charge in [0.2, 0.25) is 5.91 Å². The highest BCUT2D eigenvalue weighted by atomic mass is 16.4. The maximum Gasteiger partial charge on any atom is 0.306 e. The minimum atomic E-state index is -0.775. The standard InChI is InChI=1S/C12H20N4O3/c1-9(12(18)19)4-3-5-10(2)14-11(17)8-16-7-6-13-15-16/h6-7,9-10H,3-5,8H2,1-2H3,(H,14,17)(H,18,19). The number of carboxylic acid groups (broad SMARTS) is 1. The van der Waals surface area contributed by atoms with Gasteiger partial charge in [0.05, 0.1) is 12.1 Å². The van der Waals surface area contributed by atoms with Gasteiger partial charge < -0.3 is 10.4 Å². The number of aliphatic carboxylic acids is 1. The van der Waals surface area contributed by atoms with Crippen LogP contribution in [-0.2, 0) is 16.1 Å². The Morgan fingerprint density at radius 3 is 2.68 bits per heavy atom. The van der Waals surface area contributed by atoms with Gasteiger partial charge in [-0.05, 0) is 19.8 Å². The Bertz CT molecular complexity index is 405. The van der Waals surface area contributed by atoms with Gasteiger partial charge in [0, 0.05) is 12.2 Å². The normalized spacial score (nSPS) is 13.8. The summed E-state index contributed by atoms with van der Waals surface area (Å²) in [6.07, 6.45) is 5.31. The molecule has 19 heavy (non-hydrogen) atoms. The summed E-state index contributed by atoms with van der Waals surface area (Å²) in [5.74, 6) is -1.23. The molecule has 7 heteroatoms. The molecule has 0 saturated heterocycles. The Kier molecular flexibility index (Phi) is 5.98. The molecule has 2 unspecified atom stereocenters. The van der Waals surface area contributed by atoms with Gasteiger partial charge in [-0.2, -0.15) is 0 Å². The zero-order valence-corrected chi connectivity index (χ0v) is 11.2. The van der Waals surface area contributed by atoms with E-state index in [4.69, 9.17) is 5.11 Å². The van der Waals surface area contributed by atoms with E-state index in [1.165, 1.54) is 10.9 Å². The van der Waals surface area contributed by atoms with Crippen molar-refractivity contribution in [1.29, 1.82) is 0 Å². The molecule has 1 heterocycles. The number of carbonyl (C=O) groups excluding carboxylic acids is 1. The van der Waals surface area contributed by atoms with Crippen LogP contribution in [0.5, 0.6) is 0 Å². The molecular weight excluding hydrogens is 248 g/mol. The summed E-state index contributed by atoms with van der Waals surface area (Å²) in [5, 5.41) is 18.9. The summed E-state index contributed by atoms with van der Waals surface area (Å²) >= 11 is 0. The number of nitrogens with one attached hydrogen (secondary N) is 1. The SMILES string of the molecule is CC(CCCC(C)C(=O)O)NC(=O)Cn1ccnn1. The molecule has 0 aliphatic heterocycles. The van der Waals surface area contributed by atoms with Gasteiger partial charge in [-0.15, -0.1) is 5.10 Å². The van der Waals surface area contributed by atoms with Gasteiger partial charge in [0.1, 0.15) is 6.54 Å². The molecule has 7 nitrogen and oxygen atoms in total. The third-order valence-corrected chi connectivity index (χ3v) is 2.88. The van der Waals surface area contributed by atoms with E-state index in [0.717, 1.165) is 12.8 Å². The van der Waals surface area contributed by atoms with Crippen molar-refractivity contribution < 1.29 is 14.7 Å². The van der Waals surface area contributed by atoms with Crippen LogP contribution in [-0.4, -0.2) is 38.0 Å². The van der Waals surface area contributed by atoms with E-state index < -0.39 is 5.97 Å². The van der Waals surface area contributed by atoms with Crippen LogP contribution in [0.2, 0.25) is 0 Å². The number of carboxylic acids is 1. The lowest BCUT2D eigenvalue weighted by molar-refractivity contribution is -0.141. The fourth-order valence-electron chi connectivity index (χ4n) is 1.71. The molecule has 1 aromatic rings. The lowest BCUT2D eigenvalue weighted by Crippen LogP contribution is -2.35. The van der Waals surface area contributed by atoms with E-state index >= 15 is 0 Å². The van der Waals surface area contributed by atoms with Crippen LogP contribution in [0.4, 0.5) is 0 Å². The van der Waals surface area contributed by atoms with Gasteiger partial charge in [0.25, 0.3) is 0 Å². The second kappa shape index (κ2) is 7.50. The first kappa shape index (κ1) is 15.1. The Hall–Kier alpha value is -1.92. The molecule has 0 saturated carbocycles. The maximum atomic E-state index is 11.6. The average Bonchev–Trinajstić information content (AvgIpc) is 2.81. The lowest BCUT2D eigenvalue weighted by Gasteiger charge is -2.14. The molecule has 2 atom stereocenters. The number of carbonyl (C=O) groups is 2. The highest BCUT2D eigenvalue weighted by Crippen LogP contribution is 2.09. The first-order valence-corrected chi connectivity index (χ1v) is 6.35. The number of aromatic nitrogens is 3. The van der Waals surface area contributed by atoms with Crippen molar-refractivity contribution in [1.82, 2.24) is 20.3 Å². The molecular formula is C12H20N4O3. The van der Waals surface area contributed by atoms with Gasteiger partial charge >= 0.3 is 5.97 Å². The zero-order chi connectivity index (χ0) is 14.3. The smallest absolute Gasteiger partial charge is 0.306 e. The third-order valence-electron chi connectivity index (χ3n) is 2.88. The van der Waals surface area contributed by atoms with E-state index in [2.05, 4.69) is 15.6 Å². The topological polar surface area (TPSA) is 97.1 Å². The van der Waals surface area contributed by atoms with E-state index in [0.29, 0.717) is 6.42 Å². The first-order chi connectivity index (χ1) is 8.99. The third kappa shape index (κ3) is 5.98. The number of rotatable bonds is 8. The van der Waals surface area contributed by atoms with Crippen molar-refractivity contribution in [2.75, 3.05) is 0 Å². The molecule has 0 fully saturated rings. The summed E-state index contributed by atoms with van der Waals surface area (Å²) in [6, 6.07) is 0.0250. The Labute approximate surface area is 112 Å². The van der Waals surface area contributed by atoms with Crippen molar-refractivity contribution in [3.8, 4) is 0 Å². The van der Waals surface area contributed by atoms with Gasteiger partial charge in [0.15, 0.2) is 0 Å². The quantitative estimate of drug-likeness (QED) is 0.722. The molecule has 0 aromatic carbocycles. The predicted molar refractivity (Wildman–Crippen MR) is 68.3 cm³/mol. The second-order valence-electron chi connectivity index (χ2n) is 4.74. The number of hydrogen-bond acceptors (Lipinski definition) is 4. The minimum absolute atomic E-state index is 0.0250. The van der Waals surface area contributed by atoms with Crippen molar-refractivity contribution in [3.05, 3.63) is 12.4 Å². The van der Waals surface area contributed by atoms with Crippen LogP contribution in [0.3, 0.4) is 0 Å². The van der Waals surface area contributed by atoms with Crippen LogP contribution < -0.4 is 5.32 Å². The highest BCUT2D eigenvalue weighted by Gasteiger charge is 2.12. The Morgan fingerprint density at radius 2 is 2.11 bits per heavy atom. The van der Waals surface area contributed by atoms with E-state index in [1.807, 2.05) is 6.92 Å². The predicted octanol–water partition coefficient (Wildman–Crippen LogP) is 0.674. The fraction of sp³-hybridized carbons (Fsp3) is 0.667. The second-order valence-corrected chi connectivity index (χ2v) is 4.74. The van der Waals surface area contributed by atoms with Gasteiger partial charge in [-0.25, -0.2) is 4.68 Å². The van der Waals surface area contributed by atoms with Gasteiger partial charge in [-0.1, -0.05) is 18.6 Å². The van der Waals surface area contributed by atoms with Crippen molar-refractivity contribution >= 4 is 11.9 Å². The van der Waals surface area contributed by atoms with Crippen molar-refractivity contribution in [2.24, 2.45) is 5.92 Å². The van der Waals surface area contributed by atoms with Crippen LogP contribution >= 0.6 is 0 Å². The summed E-state index contributed by atoms with van der Waals surface area (Å²) in [7, 11) is 0. The van der Waals surface area contributed by atoms with Crippen LogP contribution in [0, 0.1) is 5.92 Å². The minimum Gasteiger partial charge on any atom is -0.481 e. The molecule has 1 rings (SSSR count). The largest absolute Gasteiger partial charge is 0.481 e. The summed E-state index contributed by atoms with van der Waals surface area (Å²) in [5.41, 5.74) is 0. The highest BCUT2D eigenvalue weighted by molar-refractivity contribution is 5.75. The van der Waals surface area contributed by atoms with E-state index in [9.17, 15) is 9.59 Å². The zero-order valence-electron chi connectivity index (χ0n) is 11.2. The summed E-state index contributed by atoms with van der Waals surface area (Å²) < 4.78 is 1.45. The molecule has 0 radical (unpaired) electrons. The molecule has 0 bridgehead atoms. The molecule has 0 aliphatic rings. The van der Waals surface area contributed by atoms with E-state index in [-0.39, 0.29) is 24.4 Å². The molecule has 1 aromatic heterocycles.